The molecule has 4 heteroatoms. The first-order valence-corrected chi connectivity index (χ1v) is 5.95. The third-order valence-corrected chi connectivity index (χ3v) is 2.94. The van der Waals surface area contributed by atoms with Gasteiger partial charge in [0, 0.05) is 24.1 Å². The van der Waals surface area contributed by atoms with Crippen LogP contribution in [0.3, 0.4) is 0 Å². The second-order valence-electron chi connectivity index (χ2n) is 3.71. The molecule has 0 heterocycles. The van der Waals surface area contributed by atoms with Crippen LogP contribution in [0, 0.1) is 5.92 Å². The monoisotopic (exact) mass is 285 g/mol. The molecule has 88 valence electrons. The highest BCUT2D eigenvalue weighted by Gasteiger charge is 2.15. The van der Waals surface area contributed by atoms with E-state index in [2.05, 4.69) is 15.9 Å². The molecule has 0 bridgehead atoms. The third kappa shape index (κ3) is 4.33. The van der Waals surface area contributed by atoms with Crippen molar-refractivity contribution in [2.45, 2.75) is 12.8 Å². The van der Waals surface area contributed by atoms with E-state index in [4.69, 9.17) is 10.5 Å². The van der Waals surface area contributed by atoms with Crippen LogP contribution in [0.25, 0.3) is 0 Å². The lowest BCUT2D eigenvalue weighted by atomic mass is 9.96. The fourth-order valence-corrected chi connectivity index (χ4v) is 2.00. The SMILES string of the molecule is COCC[C@@H](Cc1cccc(Br)c1)C(N)=O. The van der Waals surface area contributed by atoms with E-state index in [9.17, 15) is 4.79 Å². The number of nitrogens with two attached hydrogens (primary N) is 1. The molecule has 0 aromatic heterocycles. The number of benzene rings is 1. The first-order chi connectivity index (χ1) is 7.63. The molecule has 1 aromatic carbocycles. The summed E-state index contributed by atoms with van der Waals surface area (Å²) in [5.41, 5.74) is 6.46. The predicted molar refractivity (Wildman–Crippen MR) is 67.0 cm³/mol. The Balaban J connectivity index is 2.64. The number of primary amides is 1. The van der Waals surface area contributed by atoms with Crippen molar-refractivity contribution in [2.24, 2.45) is 11.7 Å². The third-order valence-electron chi connectivity index (χ3n) is 2.44. The smallest absolute Gasteiger partial charge is 0.220 e. The van der Waals surface area contributed by atoms with Gasteiger partial charge in [0.1, 0.15) is 0 Å². The Hall–Kier alpha value is -0.870. The van der Waals surface area contributed by atoms with Crippen LogP contribution in [0.15, 0.2) is 28.7 Å². The van der Waals surface area contributed by atoms with Gasteiger partial charge in [-0.15, -0.1) is 0 Å². The van der Waals surface area contributed by atoms with Crippen molar-refractivity contribution in [3.05, 3.63) is 34.3 Å². The zero-order valence-electron chi connectivity index (χ0n) is 9.28. The highest BCUT2D eigenvalue weighted by atomic mass is 79.9. The van der Waals surface area contributed by atoms with E-state index >= 15 is 0 Å². The molecular formula is C12H16BrNO2. The molecule has 0 aliphatic carbocycles. The van der Waals surface area contributed by atoms with E-state index < -0.39 is 0 Å². The number of ether oxygens (including phenoxy) is 1. The molecule has 0 aliphatic heterocycles. The summed E-state index contributed by atoms with van der Waals surface area (Å²) in [4.78, 5) is 11.2. The van der Waals surface area contributed by atoms with Gasteiger partial charge in [0.2, 0.25) is 5.91 Å². The van der Waals surface area contributed by atoms with Gasteiger partial charge in [-0.3, -0.25) is 4.79 Å². The molecule has 1 aromatic rings. The van der Waals surface area contributed by atoms with Crippen LogP contribution >= 0.6 is 15.9 Å². The number of methoxy groups -OCH3 is 1. The van der Waals surface area contributed by atoms with Crippen LogP contribution in [0.4, 0.5) is 0 Å². The molecular weight excluding hydrogens is 270 g/mol. The first kappa shape index (κ1) is 13.2. The van der Waals surface area contributed by atoms with E-state index in [-0.39, 0.29) is 11.8 Å². The van der Waals surface area contributed by atoms with Crippen molar-refractivity contribution < 1.29 is 9.53 Å². The second-order valence-corrected chi connectivity index (χ2v) is 4.63. The molecule has 3 nitrogen and oxygen atoms in total. The second kappa shape index (κ2) is 6.66. The largest absolute Gasteiger partial charge is 0.385 e. The van der Waals surface area contributed by atoms with Gasteiger partial charge in [-0.1, -0.05) is 28.1 Å². The Morgan fingerprint density at radius 2 is 2.31 bits per heavy atom. The van der Waals surface area contributed by atoms with Crippen molar-refractivity contribution in [1.29, 1.82) is 0 Å². The molecule has 0 saturated heterocycles. The normalized spacial score (nSPS) is 12.4. The topological polar surface area (TPSA) is 52.3 Å². The standard InChI is InChI=1S/C12H16BrNO2/c1-16-6-5-10(12(14)15)7-9-3-2-4-11(13)8-9/h2-4,8,10H,5-7H2,1H3,(H2,14,15)/t10-/m0/s1. The fraction of sp³-hybridized carbons (Fsp3) is 0.417. The van der Waals surface area contributed by atoms with Gasteiger partial charge >= 0.3 is 0 Å². The van der Waals surface area contributed by atoms with E-state index in [1.54, 1.807) is 7.11 Å². The molecule has 0 saturated carbocycles. The minimum atomic E-state index is -0.267. The summed E-state index contributed by atoms with van der Waals surface area (Å²) < 4.78 is 5.98. The summed E-state index contributed by atoms with van der Waals surface area (Å²) in [5, 5.41) is 0. The van der Waals surface area contributed by atoms with Gasteiger partial charge in [0.15, 0.2) is 0 Å². The van der Waals surface area contributed by atoms with Gasteiger partial charge in [-0.2, -0.15) is 0 Å². The summed E-state index contributed by atoms with van der Waals surface area (Å²) in [6.45, 7) is 0.557. The van der Waals surface area contributed by atoms with Crippen molar-refractivity contribution in [1.82, 2.24) is 0 Å². The van der Waals surface area contributed by atoms with E-state index in [1.807, 2.05) is 24.3 Å². The summed E-state index contributed by atoms with van der Waals surface area (Å²) >= 11 is 3.40. The van der Waals surface area contributed by atoms with Crippen LogP contribution in [-0.2, 0) is 16.0 Å². The fourth-order valence-electron chi connectivity index (χ4n) is 1.55. The molecule has 1 atom stereocenters. The van der Waals surface area contributed by atoms with E-state index in [0.717, 1.165) is 10.0 Å². The van der Waals surface area contributed by atoms with Crippen molar-refractivity contribution in [2.75, 3.05) is 13.7 Å². The lowest BCUT2D eigenvalue weighted by Crippen LogP contribution is -2.26. The van der Waals surface area contributed by atoms with Crippen LogP contribution in [-0.4, -0.2) is 19.6 Å². The number of amides is 1. The molecule has 16 heavy (non-hydrogen) atoms. The zero-order valence-corrected chi connectivity index (χ0v) is 10.9. The number of hydrogen-bond donors (Lipinski definition) is 1. The van der Waals surface area contributed by atoms with Crippen LogP contribution in [0.5, 0.6) is 0 Å². The number of hydrogen-bond acceptors (Lipinski definition) is 2. The highest BCUT2D eigenvalue weighted by Crippen LogP contribution is 2.16. The highest BCUT2D eigenvalue weighted by molar-refractivity contribution is 9.10. The minimum absolute atomic E-state index is 0.158. The molecule has 0 fully saturated rings. The molecule has 0 radical (unpaired) electrons. The molecule has 2 N–H and O–H groups in total. The average molecular weight is 286 g/mol. The van der Waals surface area contributed by atoms with E-state index in [0.29, 0.717) is 19.4 Å². The van der Waals surface area contributed by atoms with Gasteiger partial charge < -0.3 is 10.5 Å². The molecule has 0 spiro atoms. The van der Waals surface area contributed by atoms with Crippen molar-refractivity contribution in [3.63, 3.8) is 0 Å². The van der Waals surface area contributed by atoms with Gasteiger partial charge in [-0.25, -0.2) is 0 Å². The quantitative estimate of drug-likeness (QED) is 0.871. The summed E-state index contributed by atoms with van der Waals surface area (Å²) in [6, 6.07) is 7.90. The lowest BCUT2D eigenvalue weighted by molar-refractivity contribution is -0.122. The van der Waals surface area contributed by atoms with Gasteiger partial charge in [0.05, 0.1) is 0 Å². The summed E-state index contributed by atoms with van der Waals surface area (Å²) in [5.74, 6) is -0.425. The maximum Gasteiger partial charge on any atom is 0.220 e. The Kier molecular flexibility index (Phi) is 5.49. The predicted octanol–water partition coefficient (Wildman–Crippen LogP) is 2.13. The Morgan fingerprint density at radius 1 is 1.56 bits per heavy atom. The maximum absolute atomic E-state index is 11.2. The van der Waals surface area contributed by atoms with Crippen LogP contribution < -0.4 is 5.73 Å². The number of carbonyl (C=O) groups excluding carboxylic acids is 1. The minimum Gasteiger partial charge on any atom is -0.385 e. The zero-order chi connectivity index (χ0) is 12.0. The van der Waals surface area contributed by atoms with Gasteiger partial charge in [0.25, 0.3) is 0 Å². The van der Waals surface area contributed by atoms with Crippen LogP contribution in [0.1, 0.15) is 12.0 Å². The molecule has 1 rings (SSSR count). The Morgan fingerprint density at radius 3 is 2.88 bits per heavy atom. The molecule has 0 unspecified atom stereocenters. The maximum atomic E-state index is 11.2. The molecule has 1 amide bonds. The Bertz CT molecular complexity index is 355. The van der Waals surface area contributed by atoms with Gasteiger partial charge in [-0.05, 0) is 30.5 Å². The average Bonchev–Trinajstić information content (AvgIpc) is 2.24. The number of halogens is 1. The van der Waals surface area contributed by atoms with E-state index in [1.165, 1.54) is 0 Å². The lowest BCUT2D eigenvalue weighted by Gasteiger charge is -2.12. The summed E-state index contributed by atoms with van der Waals surface area (Å²) in [6.07, 6.45) is 1.33. The number of rotatable bonds is 6. The molecule has 0 aliphatic rings. The van der Waals surface area contributed by atoms with Crippen molar-refractivity contribution in [3.8, 4) is 0 Å². The first-order valence-electron chi connectivity index (χ1n) is 5.16. The number of carbonyl (C=O) groups is 1. The summed E-state index contributed by atoms with van der Waals surface area (Å²) in [7, 11) is 1.62. The van der Waals surface area contributed by atoms with Crippen molar-refractivity contribution >= 4 is 21.8 Å². The Labute approximate surface area is 104 Å². The van der Waals surface area contributed by atoms with Crippen LogP contribution in [0.2, 0.25) is 0 Å².